The van der Waals surface area contributed by atoms with Gasteiger partial charge in [-0.3, -0.25) is 10.8 Å². The second-order valence-corrected chi connectivity index (χ2v) is 4.83. The summed E-state index contributed by atoms with van der Waals surface area (Å²) in [6.45, 7) is 0. The first-order valence-electron chi connectivity index (χ1n) is 6.34. The van der Waals surface area contributed by atoms with E-state index in [-0.39, 0.29) is 11.9 Å². The van der Waals surface area contributed by atoms with Gasteiger partial charge >= 0.3 is 0 Å². The van der Waals surface area contributed by atoms with Crippen molar-refractivity contribution in [2.45, 2.75) is 43.7 Å². The van der Waals surface area contributed by atoms with Crippen LogP contribution in [-0.4, -0.2) is 17.7 Å². The van der Waals surface area contributed by atoms with Crippen LogP contribution in [-0.2, 0) is 4.74 Å². The van der Waals surface area contributed by atoms with Crippen LogP contribution >= 0.6 is 0 Å². The van der Waals surface area contributed by atoms with Gasteiger partial charge in [0.1, 0.15) is 5.82 Å². The molecule has 0 bridgehead atoms. The fraction of sp³-hybridized carbons (Fsp3) is 0.615. The predicted octanol–water partition coefficient (Wildman–Crippen LogP) is 2.07. The number of nitrogens with two attached hydrogens (primary N) is 1. The molecular weight excluding hydrogens is 233 g/mol. The molecule has 0 spiro atoms. The van der Waals surface area contributed by atoms with Crippen LogP contribution in [0.1, 0.15) is 43.7 Å². The molecular formula is C13H20FN3O. The van der Waals surface area contributed by atoms with Crippen LogP contribution in [0.15, 0.2) is 18.5 Å². The van der Waals surface area contributed by atoms with E-state index in [1.165, 1.54) is 12.6 Å². The van der Waals surface area contributed by atoms with Crippen molar-refractivity contribution in [1.29, 1.82) is 0 Å². The first kappa shape index (κ1) is 13.4. The molecule has 100 valence electrons. The molecule has 1 heterocycles. The summed E-state index contributed by atoms with van der Waals surface area (Å²) in [4.78, 5) is 3.77. The lowest BCUT2D eigenvalue weighted by molar-refractivity contribution is -0.0696. The Labute approximate surface area is 107 Å². The van der Waals surface area contributed by atoms with E-state index in [4.69, 9.17) is 10.6 Å². The highest BCUT2D eigenvalue weighted by Crippen LogP contribution is 2.41. The molecule has 0 aliphatic heterocycles. The van der Waals surface area contributed by atoms with Crippen molar-refractivity contribution < 1.29 is 9.13 Å². The highest BCUT2D eigenvalue weighted by Gasteiger charge is 2.41. The molecule has 0 amide bonds. The summed E-state index contributed by atoms with van der Waals surface area (Å²) in [7, 11) is 1.68. The lowest BCUT2D eigenvalue weighted by Crippen LogP contribution is -2.49. The molecule has 1 unspecified atom stereocenters. The summed E-state index contributed by atoms with van der Waals surface area (Å²) in [5, 5.41) is 0. The Morgan fingerprint density at radius 2 is 2.17 bits per heavy atom. The number of nitrogens with zero attached hydrogens (tertiary/aromatic N) is 1. The molecule has 2 rings (SSSR count). The van der Waals surface area contributed by atoms with E-state index in [9.17, 15) is 4.39 Å². The van der Waals surface area contributed by atoms with E-state index in [1.807, 2.05) is 0 Å². The number of ether oxygens (including phenoxy) is 1. The predicted molar refractivity (Wildman–Crippen MR) is 67.1 cm³/mol. The Hall–Kier alpha value is -1.04. The number of pyridine rings is 1. The van der Waals surface area contributed by atoms with Gasteiger partial charge in [0, 0.05) is 18.9 Å². The molecule has 1 aliphatic carbocycles. The molecule has 1 fully saturated rings. The van der Waals surface area contributed by atoms with Gasteiger partial charge in [0.2, 0.25) is 0 Å². The van der Waals surface area contributed by atoms with Gasteiger partial charge in [-0.2, -0.15) is 0 Å². The van der Waals surface area contributed by atoms with E-state index in [0.717, 1.165) is 25.7 Å². The van der Waals surface area contributed by atoms with Crippen molar-refractivity contribution in [2.24, 2.45) is 5.84 Å². The highest BCUT2D eigenvalue weighted by molar-refractivity contribution is 5.21. The average Bonchev–Trinajstić information content (AvgIpc) is 2.43. The molecule has 1 saturated carbocycles. The third-order valence-electron chi connectivity index (χ3n) is 3.91. The van der Waals surface area contributed by atoms with Gasteiger partial charge in [-0.05, 0) is 18.9 Å². The molecule has 3 N–H and O–H groups in total. The largest absolute Gasteiger partial charge is 0.376 e. The fourth-order valence-corrected chi connectivity index (χ4v) is 2.91. The van der Waals surface area contributed by atoms with Gasteiger partial charge in [0.25, 0.3) is 0 Å². The van der Waals surface area contributed by atoms with Gasteiger partial charge in [0.15, 0.2) is 0 Å². The van der Waals surface area contributed by atoms with Crippen LogP contribution in [0.2, 0.25) is 0 Å². The minimum Gasteiger partial charge on any atom is -0.376 e. The maximum absolute atomic E-state index is 13.9. The summed E-state index contributed by atoms with van der Waals surface area (Å²) >= 11 is 0. The Balaban J connectivity index is 2.34. The van der Waals surface area contributed by atoms with Crippen molar-refractivity contribution in [2.75, 3.05) is 7.11 Å². The summed E-state index contributed by atoms with van der Waals surface area (Å²) in [5.74, 6) is 5.30. The number of hydrazine groups is 1. The van der Waals surface area contributed by atoms with E-state index in [1.54, 1.807) is 19.4 Å². The first-order valence-corrected chi connectivity index (χ1v) is 6.34. The van der Waals surface area contributed by atoms with Crippen molar-refractivity contribution in [3.05, 3.63) is 29.8 Å². The molecule has 0 aromatic carbocycles. The molecule has 1 aromatic rings. The molecule has 18 heavy (non-hydrogen) atoms. The summed E-state index contributed by atoms with van der Waals surface area (Å²) in [6.07, 6.45) is 7.93. The molecule has 0 saturated heterocycles. The summed E-state index contributed by atoms with van der Waals surface area (Å²) in [6, 6.07) is 1.32. The second kappa shape index (κ2) is 5.73. The summed E-state index contributed by atoms with van der Waals surface area (Å²) < 4.78 is 19.6. The van der Waals surface area contributed by atoms with Crippen LogP contribution < -0.4 is 11.3 Å². The molecule has 1 atom stereocenters. The zero-order chi connectivity index (χ0) is 13.0. The number of rotatable bonds is 4. The van der Waals surface area contributed by atoms with Crippen molar-refractivity contribution in [1.82, 2.24) is 10.4 Å². The van der Waals surface area contributed by atoms with Crippen molar-refractivity contribution >= 4 is 0 Å². The zero-order valence-corrected chi connectivity index (χ0v) is 10.7. The Morgan fingerprint density at radius 3 is 2.72 bits per heavy atom. The molecule has 4 nitrogen and oxygen atoms in total. The van der Waals surface area contributed by atoms with E-state index in [0.29, 0.717) is 5.56 Å². The normalized spacial score (nSPS) is 20.6. The molecule has 5 heteroatoms. The third-order valence-corrected chi connectivity index (χ3v) is 3.91. The quantitative estimate of drug-likeness (QED) is 0.637. The maximum atomic E-state index is 13.9. The van der Waals surface area contributed by atoms with Crippen LogP contribution in [0.3, 0.4) is 0 Å². The first-order chi connectivity index (χ1) is 8.73. The minimum absolute atomic E-state index is 0.342. The SMILES string of the molecule is COC1(C(NN)c2ccncc2F)CCCCC1. The Bertz CT molecular complexity index is 394. The smallest absolute Gasteiger partial charge is 0.146 e. The topological polar surface area (TPSA) is 60.2 Å². The number of hydrogen-bond acceptors (Lipinski definition) is 4. The number of methoxy groups -OCH3 is 1. The fourth-order valence-electron chi connectivity index (χ4n) is 2.91. The van der Waals surface area contributed by atoms with E-state index < -0.39 is 5.60 Å². The minimum atomic E-state index is -0.421. The second-order valence-electron chi connectivity index (χ2n) is 4.83. The van der Waals surface area contributed by atoms with Gasteiger partial charge in [-0.15, -0.1) is 0 Å². The van der Waals surface area contributed by atoms with Gasteiger partial charge in [-0.1, -0.05) is 19.3 Å². The standard InChI is InChI=1S/C13H20FN3O/c1-18-13(6-3-2-4-7-13)12(17-15)10-5-8-16-9-11(10)14/h5,8-9,12,17H,2-4,6-7,15H2,1H3. The van der Waals surface area contributed by atoms with Crippen LogP contribution in [0.4, 0.5) is 4.39 Å². The molecule has 1 aliphatic rings. The van der Waals surface area contributed by atoms with Crippen molar-refractivity contribution in [3.8, 4) is 0 Å². The number of hydrogen-bond donors (Lipinski definition) is 2. The van der Waals surface area contributed by atoms with Gasteiger partial charge in [0.05, 0.1) is 17.8 Å². The summed E-state index contributed by atoms with van der Waals surface area (Å²) in [5.41, 5.74) is 2.83. The maximum Gasteiger partial charge on any atom is 0.146 e. The molecule has 1 aromatic heterocycles. The Morgan fingerprint density at radius 1 is 1.44 bits per heavy atom. The zero-order valence-electron chi connectivity index (χ0n) is 10.7. The van der Waals surface area contributed by atoms with Crippen LogP contribution in [0.25, 0.3) is 0 Å². The lowest BCUT2D eigenvalue weighted by Gasteiger charge is -2.42. The number of aromatic nitrogens is 1. The molecule has 0 radical (unpaired) electrons. The lowest BCUT2D eigenvalue weighted by atomic mass is 9.77. The monoisotopic (exact) mass is 253 g/mol. The van der Waals surface area contributed by atoms with Crippen LogP contribution in [0, 0.1) is 5.82 Å². The number of nitrogens with one attached hydrogen (secondary N) is 1. The van der Waals surface area contributed by atoms with Gasteiger partial charge in [-0.25, -0.2) is 9.82 Å². The Kier molecular flexibility index (Phi) is 4.27. The van der Waals surface area contributed by atoms with Crippen molar-refractivity contribution in [3.63, 3.8) is 0 Å². The third kappa shape index (κ3) is 2.39. The van der Waals surface area contributed by atoms with E-state index in [2.05, 4.69) is 10.4 Å². The van der Waals surface area contributed by atoms with E-state index >= 15 is 0 Å². The van der Waals surface area contributed by atoms with Crippen LogP contribution in [0.5, 0.6) is 0 Å². The highest BCUT2D eigenvalue weighted by atomic mass is 19.1. The number of halogens is 1. The average molecular weight is 253 g/mol. The van der Waals surface area contributed by atoms with Gasteiger partial charge < -0.3 is 4.74 Å².